The van der Waals surface area contributed by atoms with E-state index in [1.54, 1.807) is 0 Å². The highest BCUT2D eigenvalue weighted by atomic mass is 16.3. The Morgan fingerprint density at radius 2 is 1.25 bits per heavy atom. The fraction of sp³-hybridized carbons (Fsp3) is 0.500. The number of H-pyrrole nitrogens is 2. The summed E-state index contributed by atoms with van der Waals surface area (Å²) in [5.41, 5.74) is 0. The Kier molecular flexibility index (Phi) is 2.99. The summed E-state index contributed by atoms with van der Waals surface area (Å²) in [6, 6.07) is -0.317. The Morgan fingerprint density at radius 3 is 1.56 bits per heavy atom. The van der Waals surface area contributed by atoms with Crippen molar-refractivity contribution in [2.24, 2.45) is 0 Å². The number of rotatable bonds is 5. The second kappa shape index (κ2) is 4.60. The number of aryl methyl sites for hydroxylation is 2. The minimum Gasteiger partial charge on any atom is -0.479 e. The average Bonchev–Trinajstić information content (AvgIpc) is 2.83. The van der Waals surface area contributed by atoms with Gasteiger partial charge in [-0.2, -0.15) is 20.2 Å². The summed E-state index contributed by atoms with van der Waals surface area (Å²) in [6.07, 6.45) is 3.11. The van der Waals surface area contributed by atoms with E-state index in [0.717, 1.165) is 12.8 Å². The number of hydrogen-bond donors (Lipinski definition) is 4. The largest absolute Gasteiger partial charge is 0.479 e. The zero-order valence-corrected chi connectivity index (χ0v) is 8.51. The van der Waals surface area contributed by atoms with E-state index in [1.807, 2.05) is 0 Å². The lowest BCUT2D eigenvalue weighted by Gasteiger charge is -1.94. The molecule has 8 nitrogen and oxygen atoms in total. The van der Waals surface area contributed by atoms with E-state index in [2.05, 4.69) is 30.4 Å². The van der Waals surface area contributed by atoms with Gasteiger partial charge in [0.25, 0.3) is 0 Å². The highest BCUT2D eigenvalue weighted by molar-refractivity contribution is 4.94. The van der Waals surface area contributed by atoms with E-state index in [0.29, 0.717) is 24.5 Å². The minimum absolute atomic E-state index is 0.158. The van der Waals surface area contributed by atoms with Gasteiger partial charge in [0.1, 0.15) is 0 Å². The minimum atomic E-state index is -0.158. The Labute approximate surface area is 90.8 Å². The van der Waals surface area contributed by atoms with Crippen LogP contribution in [0.2, 0.25) is 0 Å². The molecule has 0 aliphatic heterocycles. The Hall–Kier alpha value is -2.12. The molecule has 0 aliphatic rings. The number of hydrogen-bond acceptors (Lipinski definition) is 6. The van der Waals surface area contributed by atoms with Crippen molar-refractivity contribution in [2.75, 3.05) is 0 Å². The summed E-state index contributed by atoms with van der Waals surface area (Å²) in [7, 11) is 0. The van der Waals surface area contributed by atoms with Crippen molar-refractivity contribution in [3.05, 3.63) is 11.6 Å². The molecule has 2 aromatic rings. The molecule has 0 unspecified atom stereocenters. The quantitative estimate of drug-likeness (QED) is 0.526. The van der Waals surface area contributed by atoms with E-state index in [4.69, 9.17) is 10.2 Å². The smallest absolute Gasteiger partial charge is 0.309 e. The number of unbranched alkanes of at least 4 members (excludes halogenated alkanes) is 1. The van der Waals surface area contributed by atoms with E-state index in [9.17, 15) is 0 Å². The molecule has 2 heterocycles. The molecule has 2 aromatic heterocycles. The average molecular weight is 224 g/mol. The summed E-state index contributed by atoms with van der Waals surface area (Å²) < 4.78 is 0. The first-order valence-electron chi connectivity index (χ1n) is 4.94. The third-order valence-electron chi connectivity index (χ3n) is 2.09. The van der Waals surface area contributed by atoms with Crippen LogP contribution in [-0.4, -0.2) is 40.6 Å². The number of aromatic amines is 2. The van der Waals surface area contributed by atoms with Crippen LogP contribution in [0.15, 0.2) is 0 Å². The zero-order chi connectivity index (χ0) is 11.4. The maximum Gasteiger partial charge on any atom is 0.309 e. The molecular weight excluding hydrogens is 212 g/mol. The standard InChI is InChI=1S/C8H12N6O2/c15-7-9-5(11-13-7)3-1-2-4-6-10-8(16)14-12-6/h1-4H2,(H2,9,11,13,15)(H2,10,12,14,16). The van der Waals surface area contributed by atoms with Crippen molar-refractivity contribution in [1.82, 2.24) is 30.4 Å². The SMILES string of the molecule is Oc1nc(CCCCc2n[nH]c(O)n2)n[nH]1. The summed E-state index contributed by atoms with van der Waals surface area (Å²) >= 11 is 0. The molecule has 0 amide bonds. The molecule has 8 heteroatoms. The molecule has 0 aliphatic carbocycles. The van der Waals surface area contributed by atoms with Crippen LogP contribution < -0.4 is 0 Å². The molecule has 0 saturated heterocycles. The van der Waals surface area contributed by atoms with E-state index >= 15 is 0 Å². The molecular formula is C8H12N6O2. The van der Waals surface area contributed by atoms with E-state index < -0.39 is 0 Å². The van der Waals surface area contributed by atoms with Gasteiger partial charge in [-0.25, -0.2) is 10.2 Å². The van der Waals surface area contributed by atoms with Crippen molar-refractivity contribution >= 4 is 0 Å². The predicted octanol–water partition coefficient (Wildman–Crippen LogP) is -0.101. The third kappa shape index (κ3) is 2.69. The first kappa shape index (κ1) is 10.4. The van der Waals surface area contributed by atoms with Crippen molar-refractivity contribution in [3.63, 3.8) is 0 Å². The van der Waals surface area contributed by atoms with Gasteiger partial charge >= 0.3 is 12.0 Å². The molecule has 0 aromatic carbocycles. The monoisotopic (exact) mass is 224 g/mol. The van der Waals surface area contributed by atoms with Crippen LogP contribution in [0.3, 0.4) is 0 Å². The van der Waals surface area contributed by atoms with Crippen LogP contribution in [-0.2, 0) is 12.8 Å². The molecule has 0 saturated carbocycles. The van der Waals surface area contributed by atoms with E-state index in [1.165, 1.54) is 0 Å². The van der Waals surface area contributed by atoms with Crippen LogP contribution in [0, 0.1) is 0 Å². The summed E-state index contributed by atoms with van der Waals surface area (Å²) in [5, 5.41) is 30.1. The lowest BCUT2D eigenvalue weighted by molar-refractivity contribution is 0.431. The molecule has 0 fully saturated rings. The zero-order valence-electron chi connectivity index (χ0n) is 8.51. The lowest BCUT2D eigenvalue weighted by atomic mass is 10.2. The summed E-state index contributed by atoms with van der Waals surface area (Å²) in [4.78, 5) is 7.54. The molecule has 86 valence electrons. The van der Waals surface area contributed by atoms with Crippen molar-refractivity contribution in [1.29, 1.82) is 0 Å². The second-order valence-electron chi connectivity index (χ2n) is 3.36. The van der Waals surface area contributed by atoms with Crippen molar-refractivity contribution in [3.8, 4) is 12.0 Å². The Morgan fingerprint density at radius 1 is 0.812 bits per heavy atom. The Balaban J connectivity index is 1.69. The lowest BCUT2D eigenvalue weighted by Crippen LogP contribution is -1.92. The second-order valence-corrected chi connectivity index (χ2v) is 3.36. The van der Waals surface area contributed by atoms with Crippen LogP contribution >= 0.6 is 0 Å². The van der Waals surface area contributed by atoms with Gasteiger partial charge in [-0.15, -0.1) is 0 Å². The number of nitrogens with zero attached hydrogens (tertiary/aromatic N) is 4. The number of aromatic nitrogens is 6. The van der Waals surface area contributed by atoms with Crippen LogP contribution in [0.1, 0.15) is 24.5 Å². The van der Waals surface area contributed by atoms with Crippen LogP contribution in [0.25, 0.3) is 0 Å². The van der Waals surface area contributed by atoms with Crippen LogP contribution in [0.5, 0.6) is 12.0 Å². The first-order valence-corrected chi connectivity index (χ1v) is 4.94. The summed E-state index contributed by atoms with van der Waals surface area (Å²) in [5.74, 6) is 1.19. The fourth-order valence-electron chi connectivity index (χ4n) is 1.36. The number of aromatic hydroxyl groups is 2. The fourth-order valence-corrected chi connectivity index (χ4v) is 1.36. The van der Waals surface area contributed by atoms with Gasteiger partial charge in [0, 0.05) is 12.8 Å². The molecule has 0 atom stereocenters. The molecule has 0 radical (unpaired) electrons. The highest BCUT2D eigenvalue weighted by Gasteiger charge is 2.03. The first-order chi connectivity index (χ1) is 7.74. The van der Waals surface area contributed by atoms with Gasteiger partial charge < -0.3 is 10.2 Å². The highest BCUT2D eigenvalue weighted by Crippen LogP contribution is 2.06. The molecule has 0 bridgehead atoms. The van der Waals surface area contributed by atoms with Gasteiger partial charge in [-0.1, -0.05) is 0 Å². The van der Waals surface area contributed by atoms with Crippen molar-refractivity contribution in [2.45, 2.75) is 25.7 Å². The van der Waals surface area contributed by atoms with Crippen molar-refractivity contribution < 1.29 is 10.2 Å². The van der Waals surface area contributed by atoms with Gasteiger partial charge in [0.05, 0.1) is 0 Å². The summed E-state index contributed by atoms with van der Waals surface area (Å²) in [6.45, 7) is 0. The number of nitrogens with one attached hydrogen (secondary N) is 2. The maximum atomic E-state index is 8.91. The third-order valence-corrected chi connectivity index (χ3v) is 2.09. The topological polar surface area (TPSA) is 124 Å². The predicted molar refractivity (Wildman–Crippen MR) is 52.7 cm³/mol. The van der Waals surface area contributed by atoms with E-state index in [-0.39, 0.29) is 12.0 Å². The van der Waals surface area contributed by atoms with Gasteiger partial charge in [0.15, 0.2) is 11.6 Å². The van der Waals surface area contributed by atoms with Gasteiger partial charge in [-0.3, -0.25) is 0 Å². The maximum absolute atomic E-state index is 8.91. The molecule has 2 rings (SSSR count). The normalized spacial score (nSPS) is 10.8. The van der Waals surface area contributed by atoms with Crippen LogP contribution in [0.4, 0.5) is 0 Å². The Bertz CT molecular complexity index is 409. The molecule has 0 spiro atoms. The molecule has 16 heavy (non-hydrogen) atoms. The van der Waals surface area contributed by atoms with Gasteiger partial charge in [0.2, 0.25) is 0 Å². The molecule has 4 N–H and O–H groups in total. The van der Waals surface area contributed by atoms with Gasteiger partial charge in [-0.05, 0) is 12.8 Å².